The lowest BCUT2D eigenvalue weighted by molar-refractivity contribution is -0.152. The van der Waals surface area contributed by atoms with Gasteiger partial charge in [-0.05, 0) is 42.7 Å². The predicted molar refractivity (Wildman–Crippen MR) is 151 cm³/mol. The normalized spacial score (nSPS) is 26.4. The minimum Gasteiger partial charge on any atom is -0.489 e. The highest BCUT2D eigenvalue weighted by atomic mass is 16.6. The largest absolute Gasteiger partial charge is 0.489 e. The van der Waals surface area contributed by atoms with Crippen LogP contribution in [0.15, 0.2) is 30.4 Å². The molecule has 11 heteroatoms. The Morgan fingerprint density at radius 3 is 2.57 bits per heavy atom. The summed E-state index contributed by atoms with van der Waals surface area (Å²) in [7, 11) is 1.25. The molecule has 1 aliphatic carbocycles. The number of methoxy groups -OCH3 is 1. The number of carbonyl (C=O) groups excluding carboxylic acids is 4. The number of rotatable bonds is 1. The zero-order valence-corrected chi connectivity index (χ0v) is 24.9. The molecule has 3 amide bonds. The summed E-state index contributed by atoms with van der Waals surface area (Å²) in [4.78, 5) is 55.7. The molecule has 11 nitrogen and oxygen atoms in total. The number of amides is 3. The Kier molecular flexibility index (Phi) is 8.39. The second-order valence-corrected chi connectivity index (χ2v) is 12.9. The summed E-state index contributed by atoms with van der Waals surface area (Å²) < 4.78 is 22.5. The number of ether oxygens (including phenoxy) is 4. The van der Waals surface area contributed by atoms with Crippen LogP contribution in [-0.4, -0.2) is 78.9 Å². The molecule has 1 aromatic carbocycles. The third-order valence-electron chi connectivity index (χ3n) is 8.67. The first-order valence-corrected chi connectivity index (χ1v) is 14.7. The highest BCUT2D eigenvalue weighted by molar-refractivity contribution is 5.91. The van der Waals surface area contributed by atoms with Gasteiger partial charge >= 0.3 is 18.2 Å². The third kappa shape index (κ3) is 6.50. The van der Waals surface area contributed by atoms with Crippen LogP contribution in [0.2, 0.25) is 0 Å². The number of cyclic esters (lactones) is 1. The van der Waals surface area contributed by atoms with E-state index < -0.39 is 47.7 Å². The summed E-state index contributed by atoms with van der Waals surface area (Å²) >= 11 is 0. The molecule has 1 N–H and O–H groups in total. The fourth-order valence-corrected chi connectivity index (χ4v) is 5.91. The fourth-order valence-electron chi connectivity index (χ4n) is 5.91. The summed E-state index contributed by atoms with van der Waals surface area (Å²) in [6.45, 7) is 6.88. The number of hydrogen-bond acceptors (Lipinski definition) is 8. The molecule has 1 saturated carbocycles. The molecule has 228 valence electrons. The molecule has 1 aromatic rings. The van der Waals surface area contributed by atoms with Crippen molar-refractivity contribution in [1.82, 2.24) is 15.1 Å². The Bertz CT molecular complexity index is 1250. The molecular formula is C31H41N3O8. The van der Waals surface area contributed by atoms with Crippen LogP contribution in [0.4, 0.5) is 9.59 Å². The summed E-state index contributed by atoms with van der Waals surface area (Å²) in [5.74, 6) is -0.344. The fraction of sp³-hybridized carbons (Fsp3) is 0.613. The molecule has 5 rings (SSSR count). The van der Waals surface area contributed by atoms with Crippen molar-refractivity contribution in [2.75, 3.05) is 26.9 Å². The van der Waals surface area contributed by atoms with Crippen LogP contribution in [-0.2, 0) is 36.9 Å². The summed E-state index contributed by atoms with van der Waals surface area (Å²) in [5, 5.41) is 2.75. The number of fused-ring (bicyclic) bond motifs is 3. The van der Waals surface area contributed by atoms with Crippen LogP contribution in [0.3, 0.4) is 0 Å². The molecule has 0 aromatic heterocycles. The molecule has 1 spiro atoms. The molecule has 3 aliphatic heterocycles. The lowest BCUT2D eigenvalue weighted by atomic mass is 9.85. The monoisotopic (exact) mass is 583 g/mol. The number of carbonyl (C=O) groups is 4. The van der Waals surface area contributed by atoms with Crippen molar-refractivity contribution in [3.8, 4) is 5.75 Å². The Labute approximate surface area is 246 Å². The van der Waals surface area contributed by atoms with Gasteiger partial charge in [-0.3, -0.25) is 9.69 Å². The predicted octanol–water partition coefficient (Wildman–Crippen LogP) is 3.93. The number of alkyl carbamates (subject to hydrolysis) is 1. The Morgan fingerprint density at radius 1 is 1.07 bits per heavy atom. The van der Waals surface area contributed by atoms with Crippen molar-refractivity contribution in [3.63, 3.8) is 0 Å². The average Bonchev–Trinajstić information content (AvgIpc) is 3.36. The van der Waals surface area contributed by atoms with Crippen molar-refractivity contribution in [1.29, 1.82) is 0 Å². The third-order valence-corrected chi connectivity index (χ3v) is 8.67. The molecule has 1 saturated heterocycles. The van der Waals surface area contributed by atoms with Gasteiger partial charge in [0.25, 0.3) is 0 Å². The molecule has 4 bridgehead atoms. The SMILES string of the molecule is COC(=O)C1C[C@@H]2CN1C(=O)[C@H](C(C)(C)C)NC(=O)OCC1(CCC=CCOc3cccc4c3CN(C4)C(=O)O2)CC1. The number of allylic oxidation sites excluding steroid dienone is 1. The van der Waals surface area contributed by atoms with Crippen LogP contribution in [0, 0.1) is 10.8 Å². The quantitative estimate of drug-likeness (QED) is 0.300. The number of hydrogen-bond donors (Lipinski definition) is 1. The first-order chi connectivity index (χ1) is 20.0. The van der Waals surface area contributed by atoms with Crippen molar-refractivity contribution < 1.29 is 38.1 Å². The van der Waals surface area contributed by atoms with Gasteiger partial charge in [0.2, 0.25) is 5.91 Å². The zero-order chi connectivity index (χ0) is 30.1. The van der Waals surface area contributed by atoms with E-state index in [-0.39, 0.29) is 25.0 Å². The van der Waals surface area contributed by atoms with E-state index in [1.54, 1.807) is 4.90 Å². The van der Waals surface area contributed by atoms with Gasteiger partial charge in [-0.1, -0.05) is 45.1 Å². The minimum atomic E-state index is -0.978. The molecule has 42 heavy (non-hydrogen) atoms. The molecule has 3 heterocycles. The van der Waals surface area contributed by atoms with Crippen LogP contribution < -0.4 is 10.1 Å². The van der Waals surface area contributed by atoms with E-state index in [0.29, 0.717) is 19.7 Å². The second-order valence-electron chi connectivity index (χ2n) is 12.9. The first-order valence-electron chi connectivity index (χ1n) is 14.7. The van der Waals surface area contributed by atoms with Crippen LogP contribution in [0.1, 0.15) is 64.0 Å². The first kappa shape index (κ1) is 29.7. The van der Waals surface area contributed by atoms with E-state index in [1.165, 1.54) is 12.0 Å². The molecule has 1 unspecified atom stereocenters. The van der Waals surface area contributed by atoms with E-state index in [2.05, 4.69) is 11.4 Å². The van der Waals surface area contributed by atoms with Crippen molar-refractivity contribution in [2.45, 2.75) is 84.2 Å². The smallest absolute Gasteiger partial charge is 0.410 e. The molecule has 3 atom stereocenters. The Balaban J connectivity index is 1.39. The Hall–Kier alpha value is -3.76. The number of esters is 1. The molecular weight excluding hydrogens is 542 g/mol. The van der Waals surface area contributed by atoms with E-state index in [9.17, 15) is 19.2 Å². The Morgan fingerprint density at radius 2 is 1.86 bits per heavy atom. The number of benzene rings is 1. The summed E-state index contributed by atoms with van der Waals surface area (Å²) in [6, 6.07) is 3.84. The minimum absolute atomic E-state index is 0.00174. The molecule has 0 radical (unpaired) electrons. The van der Waals surface area contributed by atoms with Crippen molar-refractivity contribution in [3.05, 3.63) is 41.5 Å². The van der Waals surface area contributed by atoms with E-state index in [0.717, 1.165) is 42.6 Å². The summed E-state index contributed by atoms with van der Waals surface area (Å²) in [5.41, 5.74) is 1.19. The highest BCUT2D eigenvalue weighted by Crippen LogP contribution is 2.50. The van der Waals surface area contributed by atoms with Gasteiger partial charge in [0.1, 0.15) is 30.5 Å². The topological polar surface area (TPSA) is 124 Å². The van der Waals surface area contributed by atoms with Crippen molar-refractivity contribution in [2.24, 2.45) is 10.8 Å². The van der Waals surface area contributed by atoms with Crippen LogP contribution >= 0.6 is 0 Å². The maximum atomic E-state index is 13.9. The molecule has 2 fully saturated rings. The maximum Gasteiger partial charge on any atom is 0.410 e. The second kappa shape index (κ2) is 11.9. The van der Waals surface area contributed by atoms with Gasteiger partial charge in [-0.25, -0.2) is 14.4 Å². The number of nitrogens with one attached hydrogen (secondary N) is 1. The van der Waals surface area contributed by atoms with Gasteiger partial charge in [-0.15, -0.1) is 0 Å². The maximum absolute atomic E-state index is 13.9. The van der Waals surface area contributed by atoms with Gasteiger partial charge in [0.05, 0.1) is 26.8 Å². The van der Waals surface area contributed by atoms with E-state index in [1.807, 2.05) is 45.0 Å². The average molecular weight is 584 g/mol. The summed E-state index contributed by atoms with van der Waals surface area (Å²) in [6.07, 6.45) is 5.89. The van der Waals surface area contributed by atoms with E-state index in [4.69, 9.17) is 18.9 Å². The molecule has 4 aliphatic rings. The van der Waals surface area contributed by atoms with E-state index >= 15 is 0 Å². The van der Waals surface area contributed by atoms with Crippen LogP contribution in [0.5, 0.6) is 5.75 Å². The lowest BCUT2D eigenvalue weighted by Gasteiger charge is -2.34. The lowest BCUT2D eigenvalue weighted by Crippen LogP contribution is -2.57. The van der Waals surface area contributed by atoms with Gasteiger partial charge in [0, 0.05) is 23.9 Å². The van der Waals surface area contributed by atoms with Crippen molar-refractivity contribution >= 4 is 24.1 Å². The van der Waals surface area contributed by atoms with Crippen LogP contribution in [0.25, 0.3) is 0 Å². The van der Waals surface area contributed by atoms with Gasteiger partial charge in [0.15, 0.2) is 0 Å². The standard InChI is InChI=1S/C31H41N3O8/c1-30(2,3)25-26(35)34-17-21(15-23(34)27(36)39-4)42-29(38)33-16-20-9-8-10-24(22(20)18-33)40-14-7-5-6-11-31(12-13-31)19-41-28(37)32-25/h5,7-10,21,23,25H,6,11-19H2,1-4H3,(H,32,37)/t21-,23?,25-/m1/s1. The number of nitrogens with zero attached hydrogens (tertiary/aromatic N) is 2. The highest BCUT2D eigenvalue weighted by Gasteiger charge is 2.48. The zero-order valence-electron chi connectivity index (χ0n) is 24.9. The van der Waals surface area contributed by atoms with Gasteiger partial charge in [-0.2, -0.15) is 0 Å². The van der Waals surface area contributed by atoms with Gasteiger partial charge < -0.3 is 29.2 Å².